The number of carboxylic acid groups (broad SMARTS) is 1. The monoisotopic (exact) mass is 283 g/mol. The van der Waals surface area contributed by atoms with Gasteiger partial charge in [-0.25, -0.2) is 0 Å². The molecule has 19 heavy (non-hydrogen) atoms. The Balaban J connectivity index is 2.03. The van der Waals surface area contributed by atoms with Gasteiger partial charge >= 0.3 is 5.97 Å². The van der Waals surface area contributed by atoms with Crippen molar-refractivity contribution >= 4 is 17.6 Å². The summed E-state index contributed by atoms with van der Waals surface area (Å²) in [5.41, 5.74) is 1.07. The van der Waals surface area contributed by atoms with Gasteiger partial charge in [-0.15, -0.1) is 0 Å². The van der Waals surface area contributed by atoms with Gasteiger partial charge in [-0.1, -0.05) is 24.6 Å². The van der Waals surface area contributed by atoms with Crippen molar-refractivity contribution in [3.63, 3.8) is 0 Å². The van der Waals surface area contributed by atoms with E-state index in [1.165, 1.54) is 0 Å². The molecule has 1 aliphatic heterocycles. The summed E-state index contributed by atoms with van der Waals surface area (Å²) >= 11 is 6.09. The highest BCUT2D eigenvalue weighted by atomic mass is 35.5. The normalized spacial score (nSPS) is 23.5. The van der Waals surface area contributed by atoms with Gasteiger partial charge in [0.15, 0.2) is 0 Å². The van der Waals surface area contributed by atoms with E-state index in [0.29, 0.717) is 17.3 Å². The Morgan fingerprint density at radius 3 is 2.79 bits per heavy atom. The highest BCUT2D eigenvalue weighted by Crippen LogP contribution is 2.28. The lowest BCUT2D eigenvalue weighted by Crippen LogP contribution is -2.23. The molecule has 5 heteroatoms. The number of rotatable bonds is 4. The van der Waals surface area contributed by atoms with Crippen LogP contribution >= 0.6 is 11.6 Å². The second kappa shape index (κ2) is 5.80. The Bertz CT molecular complexity index is 478. The zero-order valence-electron chi connectivity index (χ0n) is 11.1. The van der Waals surface area contributed by atoms with E-state index in [1.54, 1.807) is 7.11 Å². The summed E-state index contributed by atoms with van der Waals surface area (Å²) in [6.45, 7) is 4.11. The van der Waals surface area contributed by atoms with Crippen LogP contribution in [0.1, 0.15) is 12.5 Å². The smallest absolute Gasteiger partial charge is 0.308 e. The summed E-state index contributed by atoms with van der Waals surface area (Å²) in [7, 11) is 1.58. The summed E-state index contributed by atoms with van der Waals surface area (Å²) in [6.07, 6.45) is 0. The first-order valence-corrected chi connectivity index (χ1v) is 6.66. The van der Waals surface area contributed by atoms with Crippen molar-refractivity contribution in [3.8, 4) is 5.75 Å². The van der Waals surface area contributed by atoms with Crippen molar-refractivity contribution in [1.29, 1.82) is 0 Å². The Labute approximate surface area is 117 Å². The zero-order chi connectivity index (χ0) is 14.0. The molecule has 0 aromatic heterocycles. The number of carboxylic acids is 1. The molecule has 1 N–H and O–H groups in total. The fraction of sp³-hybridized carbons (Fsp3) is 0.500. The van der Waals surface area contributed by atoms with Crippen molar-refractivity contribution in [2.75, 3.05) is 20.2 Å². The van der Waals surface area contributed by atoms with Gasteiger partial charge in [-0.05, 0) is 23.6 Å². The van der Waals surface area contributed by atoms with Gasteiger partial charge < -0.3 is 9.84 Å². The van der Waals surface area contributed by atoms with E-state index in [4.69, 9.17) is 21.4 Å². The first-order chi connectivity index (χ1) is 9.01. The van der Waals surface area contributed by atoms with E-state index < -0.39 is 5.97 Å². The van der Waals surface area contributed by atoms with Crippen LogP contribution in [0.2, 0.25) is 5.02 Å². The maximum atomic E-state index is 11.1. The summed E-state index contributed by atoms with van der Waals surface area (Å²) in [5, 5.41) is 9.70. The second-order valence-electron chi connectivity index (χ2n) is 5.08. The third-order valence-corrected chi connectivity index (χ3v) is 3.92. The van der Waals surface area contributed by atoms with E-state index in [2.05, 4.69) is 4.90 Å². The Hall–Kier alpha value is -1.26. The average molecular weight is 284 g/mol. The van der Waals surface area contributed by atoms with Crippen LogP contribution in [0.15, 0.2) is 18.2 Å². The molecule has 0 bridgehead atoms. The maximum Gasteiger partial charge on any atom is 0.308 e. The number of aliphatic carboxylic acids is 1. The molecule has 0 unspecified atom stereocenters. The minimum atomic E-state index is -0.706. The topological polar surface area (TPSA) is 49.8 Å². The highest BCUT2D eigenvalue weighted by molar-refractivity contribution is 6.32. The predicted octanol–water partition coefficient (Wildman–Crippen LogP) is 2.50. The maximum absolute atomic E-state index is 11.1. The average Bonchev–Trinajstić information content (AvgIpc) is 2.70. The summed E-state index contributed by atoms with van der Waals surface area (Å²) in [5.74, 6) is -0.133. The molecule has 1 aliphatic rings. The van der Waals surface area contributed by atoms with Gasteiger partial charge in [0.2, 0.25) is 0 Å². The molecule has 1 fully saturated rings. The van der Waals surface area contributed by atoms with Crippen LogP contribution in [0.25, 0.3) is 0 Å². The number of ether oxygens (including phenoxy) is 1. The largest absolute Gasteiger partial charge is 0.495 e. The minimum absolute atomic E-state index is 0.186. The number of hydrogen-bond donors (Lipinski definition) is 1. The number of carbonyl (C=O) groups is 1. The van der Waals surface area contributed by atoms with Crippen LogP contribution in [-0.2, 0) is 11.3 Å². The zero-order valence-corrected chi connectivity index (χ0v) is 11.9. The third-order valence-electron chi connectivity index (χ3n) is 3.63. The Kier molecular flexibility index (Phi) is 4.32. The Morgan fingerprint density at radius 2 is 2.26 bits per heavy atom. The summed E-state index contributed by atoms with van der Waals surface area (Å²) < 4.78 is 5.11. The van der Waals surface area contributed by atoms with Crippen molar-refractivity contribution < 1.29 is 14.6 Å². The lowest BCUT2D eigenvalue weighted by molar-refractivity contribution is -0.142. The van der Waals surface area contributed by atoms with Crippen LogP contribution in [-0.4, -0.2) is 36.2 Å². The molecule has 2 atom stereocenters. The van der Waals surface area contributed by atoms with E-state index in [9.17, 15) is 4.79 Å². The quantitative estimate of drug-likeness (QED) is 0.922. The third kappa shape index (κ3) is 3.19. The van der Waals surface area contributed by atoms with E-state index in [-0.39, 0.29) is 11.8 Å². The standard InChI is InChI=1S/C14H18ClNO3/c1-9-6-16(8-11(9)14(17)18)7-10-3-4-13(19-2)12(15)5-10/h3-5,9,11H,6-8H2,1-2H3,(H,17,18)/t9-,11-/m1/s1. The van der Waals surface area contributed by atoms with Crippen molar-refractivity contribution in [2.45, 2.75) is 13.5 Å². The van der Waals surface area contributed by atoms with E-state index >= 15 is 0 Å². The van der Waals surface area contributed by atoms with Gasteiger partial charge in [0.05, 0.1) is 18.1 Å². The second-order valence-corrected chi connectivity index (χ2v) is 5.49. The van der Waals surface area contributed by atoms with Gasteiger partial charge in [-0.3, -0.25) is 9.69 Å². The molecule has 2 rings (SSSR count). The molecule has 0 spiro atoms. The van der Waals surface area contributed by atoms with Crippen molar-refractivity contribution in [2.24, 2.45) is 11.8 Å². The molecule has 104 valence electrons. The molecule has 0 radical (unpaired) electrons. The fourth-order valence-corrected chi connectivity index (χ4v) is 2.86. The molecule has 4 nitrogen and oxygen atoms in total. The van der Waals surface area contributed by atoms with Crippen LogP contribution in [0.5, 0.6) is 5.75 Å². The molecule has 1 aromatic carbocycles. The SMILES string of the molecule is COc1ccc(CN2C[C@@H](C)[C@H](C(=O)O)C2)cc1Cl. The number of likely N-dealkylation sites (tertiary alicyclic amines) is 1. The summed E-state index contributed by atoms with van der Waals surface area (Å²) in [6, 6.07) is 5.68. The van der Waals surface area contributed by atoms with Gasteiger partial charge in [0.25, 0.3) is 0 Å². The van der Waals surface area contributed by atoms with Crippen molar-refractivity contribution in [3.05, 3.63) is 28.8 Å². The molecule has 0 amide bonds. The van der Waals surface area contributed by atoms with Crippen LogP contribution in [0, 0.1) is 11.8 Å². The molecular formula is C14H18ClNO3. The van der Waals surface area contributed by atoms with Crippen LogP contribution in [0.3, 0.4) is 0 Å². The predicted molar refractivity (Wildman–Crippen MR) is 73.6 cm³/mol. The van der Waals surface area contributed by atoms with Gasteiger partial charge in [0.1, 0.15) is 5.75 Å². The molecule has 1 aromatic rings. The molecule has 1 saturated heterocycles. The molecule has 0 saturated carbocycles. The Morgan fingerprint density at radius 1 is 1.53 bits per heavy atom. The van der Waals surface area contributed by atoms with Gasteiger partial charge in [-0.2, -0.15) is 0 Å². The lowest BCUT2D eigenvalue weighted by Gasteiger charge is -2.16. The number of benzene rings is 1. The number of nitrogens with zero attached hydrogens (tertiary/aromatic N) is 1. The summed E-state index contributed by atoms with van der Waals surface area (Å²) in [4.78, 5) is 13.2. The first kappa shape index (κ1) is 14.2. The van der Waals surface area contributed by atoms with E-state index in [0.717, 1.165) is 18.7 Å². The lowest BCUT2D eigenvalue weighted by atomic mass is 9.99. The fourth-order valence-electron chi connectivity index (χ4n) is 2.58. The van der Waals surface area contributed by atoms with Crippen LogP contribution < -0.4 is 4.74 Å². The minimum Gasteiger partial charge on any atom is -0.495 e. The highest BCUT2D eigenvalue weighted by Gasteiger charge is 2.34. The van der Waals surface area contributed by atoms with Gasteiger partial charge in [0, 0.05) is 19.6 Å². The number of methoxy groups -OCH3 is 1. The molecular weight excluding hydrogens is 266 g/mol. The van der Waals surface area contributed by atoms with Crippen molar-refractivity contribution in [1.82, 2.24) is 4.90 Å². The number of halogens is 1. The van der Waals surface area contributed by atoms with E-state index in [1.807, 2.05) is 25.1 Å². The van der Waals surface area contributed by atoms with Crippen LogP contribution in [0.4, 0.5) is 0 Å². The number of hydrogen-bond acceptors (Lipinski definition) is 3. The molecule has 0 aliphatic carbocycles. The first-order valence-electron chi connectivity index (χ1n) is 6.29. The molecule has 1 heterocycles.